The molecule has 3 aliphatic carbocycles. The van der Waals surface area contributed by atoms with Crippen LogP contribution in [0.25, 0.3) is 0 Å². The Balaban J connectivity index is 1.67. The van der Waals surface area contributed by atoms with Crippen molar-refractivity contribution in [2.75, 3.05) is 20.8 Å². The summed E-state index contributed by atoms with van der Waals surface area (Å²) in [6, 6.07) is 6.66. The van der Waals surface area contributed by atoms with Gasteiger partial charge in [0, 0.05) is 12.5 Å². The maximum Gasteiger partial charge on any atom is 0.119 e. The lowest BCUT2D eigenvalue weighted by molar-refractivity contribution is -0.194. The molecule has 25 heavy (non-hydrogen) atoms. The highest BCUT2D eigenvalue weighted by molar-refractivity contribution is 5.40. The molecule has 2 saturated carbocycles. The van der Waals surface area contributed by atoms with E-state index in [0.717, 1.165) is 31.4 Å². The van der Waals surface area contributed by atoms with Crippen LogP contribution < -0.4 is 4.74 Å². The van der Waals surface area contributed by atoms with Gasteiger partial charge in [-0.2, -0.15) is 0 Å². The summed E-state index contributed by atoms with van der Waals surface area (Å²) in [6.07, 6.45) is 7.94. The lowest BCUT2D eigenvalue weighted by Gasteiger charge is -2.60. The summed E-state index contributed by atoms with van der Waals surface area (Å²) in [4.78, 5) is 0. The maximum absolute atomic E-state index is 11.4. The maximum atomic E-state index is 11.4. The van der Waals surface area contributed by atoms with Gasteiger partial charge in [-0.25, -0.2) is 0 Å². The average molecular weight is 344 g/mol. The minimum Gasteiger partial charge on any atom is -0.497 e. The predicted octanol–water partition coefficient (Wildman–Crippen LogP) is 4.32. The van der Waals surface area contributed by atoms with Gasteiger partial charge in [0.15, 0.2) is 0 Å². The standard InChI is InChI=1S/C22H32O3/c1-21-12-10-18-17-9-7-16(25-3)13-15(17)6-8-19(18)20(21)5-4-11-22(21,23)14-24-2/h7,9,13,18-20,23H,4-6,8,10-12,14H2,1-3H3/t18?,19-,20+,21+,22-/m1/s1. The second kappa shape index (κ2) is 6.28. The van der Waals surface area contributed by atoms with Gasteiger partial charge < -0.3 is 14.6 Å². The Labute approximate surface area is 151 Å². The van der Waals surface area contributed by atoms with E-state index in [1.165, 1.54) is 24.8 Å². The fraction of sp³-hybridized carbons (Fsp3) is 0.727. The highest BCUT2D eigenvalue weighted by atomic mass is 16.5. The van der Waals surface area contributed by atoms with Crippen LogP contribution in [0.4, 0.5) is 0 Å². The highest BCUT2D eigenvalue weighted by Crippen LogP contribution is 2.62. The normalized spacial score (nSPS) is 39.9. The Hall–Kier alpha value is -1.06. The molecule has 2 fully saturated rings. The van der Waals surface area contributed by atoms with E-state index in [9.17, 15) is 5.11 Å². The third-order valence-corrected chi connectivity index (χ3v) is 7.88. The summed E-state index contributed by atoms with van der Waals surface area (Å²) in [5.41, 5.74) is 2.36. The second-order valence-electron chi connectivity index (χ2n) is 8.79. The molecule has 3 aliphatic rings. The second-order valence-corrected chi connectivity index (χ2v) is 8.79. The topological polar surface area (TPSA) is 38.7 Å². The molecule has 3 nitrogen and oxygen atoms in total. The van der Waals surface area contributed by atoms with Gasteiger partial charge in [0.1, 0.15) is 5.75 Å². The highest BCUT2D eigenvalue weighted by Gasteiger charge is 2.59. The Morgan fingerprint density at radius 2 is 2.00 bits per heavy atom. The van der Waals surface area contributed by atoms with Gasteiger partial charge in [-0.05, 0) is 79.5 Å². The first-order valence-corrected chi connectivity index (χ1v) is 9.90. The van der Waals surface area contributed by atoms with Crippen molar-refractivity contribution in [2.24, 2.45) is 17.3 Å². The van der Waals surface area contributed by atoms with E-state index in [1.54, 1.807) is 19.8 Å². The summed E-state index contributed by atoms with van der Waals surface area (Å²) in [7, 11) is 3.47. The molecule has 1 aromatic carbocycles. The monoisotopic (exact) mass is 344 g/mol. The minimum atomic E-state index is -0.657. The van der Waals surface area contributed by atoms with Crippen LogP contribution in [0, 0.1) is 17.3 Å². The van der Waals surface area contributed by atoms with Crippen molar-refractivity contribution >= 4 is 0 Å². The van der Waals surface area contributed by atoms with E-state index in [-0.39, 0.29) is 5.41 Å². The van der Waals surface area contributed by atoms with Crippen LogP contribution in [0.1, 0.15) is 62.5 Å². The van der Waals surface area contributed by atoms with Crippen molar-refractivity contribution in [2.45, 2.75) is 63.4 Å². The Morgan fingerprint density at radius 1 is 1.16 bits per heavy atom. The van der Waals surface area contributed by atoms with Crippen LogP contribution in [-0.4, -0.2) is 31.5 Å². The van der Waals surface area contributed by atoms with E-state index < -0.39 is 5.60 Å². The molecule has 138 valence electrons. The first kappa shape index (κ1) is 17.4. The molecule has 5 atom stereocenters. The molecule has 0 spiro atoms. The van der Waals surface area contributed by atoms with E-state index in [1.807, 2.05) is 0 Å². The minimum absolute atomic E-state index is 0.00754. The molecule has 0 saturated heterocycles. The molecule has 1 unspecified atom stereocenters. The average Bonchev–Trinajstić information content (AvgIpc) is 2.62. The smallest absolute Gasteiger partial charge is 0.119 e. The van der Waals surface area contributed by atoms with Crippen molar-refractivity contribution in [1.82, 2.24) is 0 Å². The number of aryl methyl sites for hydroxylation is 1. The van der Waals surface area contributed by atoms with E-state index in [2.05, 4.69) is 25.1 Å². The number of hydrogen-bond acceptors (Lipinski definition) is 3. The Bertz CT molecular complexity index is 638. The van der Waals surface area contributed by atoms with E-state index in [0.29, 0.717) is 24.4 Å². The van der Waals surface area contributed by atoms with Crippen LogP contribution in [0.15, 0.2) is 18.2 Å². The number of rotatable bonds is 3. The molecule has 0 bridgehead atoms. The zero-order valence-corrected chi connectivity index (χ0v) is 15.9. The summed E-state index contributed by atoms with van der Waals surface area (Å²) in [5.74, 6) is 2.93. The first-order valence-electron chi connectivity index (χ1n) is 9.90. The summed E-state index contributed by atoms with van der Waals surface area (Å²) >= 11 is 0. The fourth-order valence-electron chi connectivity index (χ4n) is 6.49. The lowest BCUT2D eigenvalue weighted by Crippen LogP contribution is -2.60. The molecule has 0 amide bonds. The van der Waals surface area contributed by atoms with Crippen molar-refractivity contribution in [3.8, 4) is 5.75 Å². The largest absolute Gasteiger partial charge is 0.497 e. The van der Waals surface area contributed by atoms with Gasteiger partial charge in [0.25, 0.3) is 0 Å². The van der Waals surface area contributed by atoms with Crippen LogP contribution in [0.5, 0.6) is 5.75 Å². The molecule has 1 aromatic rings. The van der Waals surface area contributed by atoms with Crippen molar-refractivity contribution in [3.63, 3.8) is 0 Å². The quantitative estimate of drug-likeness (QED) is 0.887. The van der Waals surface area contributed by atoms with E-state index in [4.69, 9.17) is 9.47 Å². The molecule has 1 N–H and O–H groups in total. The first-order chi connectivity index (χ1) is 12.0. The van der Waals surface area contributed by atoms with Crippen LogP contribution in [0.3, 0.4) is 0 Å². The number of hydrogen-bond donors (Lipinski definition) is 1. The number of ether oxygens (including phenoxy) is 2. The SMILES string of the molecule is COC[C@]1(O)CCC[C@H]2[C@@H]3CCc4cc(OC)ccc4C3CC[C@@]21C. The van der Waals surface area contributed by atoms with Crippen molar-refractivity contribution in [3.05, 3.63) is 29.3 Å². The zero-order valence-electron chi connectivity index (χ0n) is 15.9. The van der Waals surface area contributed by atoms with Gasteiger partial charge in [0.05, 0.1) is 19.3 Å². The number of methoxy groups -OCH3 is 2. The number of fused-ring (bicyclic) bond motifs is 5. The fourth-order valence-corrected chi connectivity index (χ4v) is 6.49. The van der Waals surface area contributed by atoms with Crippen LogP contribution in [-0.2, 0) is 11.2 Å². The molecular weight excluding hydrogens is 312 g/mol. The summed E-state index contributed by atoms with van der Waals surface area (Å²) < 4.78 is 10.9. The third-order valence-electron chi connectivity index (χ3n) is 7.88. The van der Waals surface area contributed by atoms with E-state index >= 15 is 0 Å². The molecule has 0 aromatic heterocycles. The molecule has 3 heteroatoms. The Morgan fingerprint density at radius 3 is 2.76 bits per heavy atom. The van der Waals surface area contributed by atoms with Gasteiger partial charge in [-0.15, -0.1) is 0 Å². The Kier molecular flexibility index (Phi) is 4.36. The molecule has 0 aliphatic heterocycles. The van der Waals surface area contributed by atoms with Gasteiger partial charge in [-0.3, -0.25) is 0 Å². The van der Waals surface area contributed by atoms with Gasteiger partial charge >= 0.3 is 0 Å². The molecule has 0 heterocycles. The van der Waals surface area contributed by atoms with Gasteiger partial charge in [0.2, 0.25) is 0 Å². The third kappa shape index (κ3) is 2.54. The zero-order chi connectivity index (χ0) is 17.7. The lowest BCUT2D eigenvalue weighted by atomic mass is 9.46. The van der Waals surface area contributed by atoms with Crippen LogP contribution >= 0.6 is 0 Å². The van der Waals surface area contributed by atoms with Crippen molar-refractivity contribution < 1.29 is 14.6 Å². The molecule has 4 rings (SSSR count). The number of aliphatic hydroxyl groups is 1. The molecule has 0 radical (unpaired) electrons. The molecular formula is C22H32O3. The predicted molar refractivity (Wildman–Crippen MR) is 99.1 cm³/mol. The summed E-state index contributed by atoms with van der Waals surface area (Å²) in [5, 5.41) is 11.4. The summed E-state index contributed by atoms with van der Waals surface area (Å²) in [6.45, 7) is 2.82. The number of benzene rings is 1. The van der Waals surface area contributed by atoms with Crippen molar-refractivity contribution in [1.29, 1.82) is 0 Å². The van der Waals surface area contributed by atoms with Crippen LogP contribution in [0.2, 0.25) is 0 Å². The van der Waals surface area contributed by atoms with Gasteiger partial charge in [-0.1, -0.05) is 19.4 Å².